The zero-order chi connectivity index (χ0) is 9.97. The SMILES string of the molecule is O=C(Cc1ncc[nH]1)c1csc(I)c1. The third-order valence-corrected chi connectivity index (χ3v) is 3.56. The van der Waals surface area contributed by atoms with Crippen molar-refractivity contribution in [3.8, 4) is 0 Å². The van der Waals surface area contributed by atoms with Crippen molar-refractivity contribution in [2.75, 3.05) is 0 Å². The molecule has 72 valence electrons. The second kappa shape index (κ2) is 4.22. The number of carbonyl (C=O) groups excluding carboxylic acids is 1. The number of imidazole rings is 1. The fraction of sp³-hybridized carbons (Fsp3) is 0.111. The average molecular weight is 318 g/mol. The van der Waals surface area contributed by atoms with Crippen LogP contribution in [-0.4, -0.2) is 15.8 Å². The minimum absolute atomic E-state index is 0.110. The number of thiophene rings is 1. The van der Waals surface area contributed by atoms with Gasteiger partial charge in [-0.25, -0.2) is 4.98 Å². The molecule has 2 rings (SSSR count). The summed E-state index contributed by atoms with van der Waals surface area (Å²) in [6.45, 7) is 0. The molecule has 0 bridgehead atoms. The molecule has 0 aliphatic carbocycles. The number of rotatable bonds is 3. The highest BCUT2D eigenvalue weighted by molar-refractivity contribution is 14.1. The standard InChI is InChI=1S/C9H7IN2OS/c10-8-3-6(5-14-8)7(13)4-9-11-1-2-12-9/h1-3,5H,4H2,(H,11,12). The smallest absolute Gasteiger partial charge is 0.171 e. The minimum atomic E-state index is 0.110. The van der Waals surface area contributed by atoms with E-state index in [1.54, 1.807) is 23.7 Å². The van der Waals surface area contributed by atoms with Crippen LogP contribution in [0.15, 0.2) is 23.8 Å². The van der Waals surface area contributed by atoms with Crippen molar-refractivity contribution in [1.29, 1.82) is 0 Å². The molecule has 2 aromatic heterocycles. The van der Waals surface area contributed by atoms with Gasteiger partial charge >= 0.3 is 0 Å². The second-order valence-corrected chi connectivity index (χ2v) is 5.58. The molecule has 0 radical (unpaired) electrons. The van der Waals surface area contributed by atoms with E-state index in [2.05, 4.69) is 32.6 Å². The Labute approximate surface area is 98.7 Å². The Morgan fingerprint density at radius 1 is 1.64 bits per heavy atom. The minimum Gasteiger partial charge on any atom is -0.348 e. The van der Waals surface area contributed by atoms with Crippen LogP contribution in [0.2, 0.25) is 0 Å². The van der Waals surface area contributed by atoms with E-state index in [0.717, 1.165) is 14.3 Å². The van der Waals surface area contributed by atoms with Crippen LogP contribution in [0.3, 0.4) is 0 Å². The van der Waals surface area contributed by atoms with E-state index < -0.39 is 0 Å². The zero-order valence-electron chi connectivity index (χ0n) is 7.16. The van der Waals surface area contributed by atoms with Crippen LogP contribution >= 0.6 is 33.9 Å². The van der Waals surface area contributed by atoms with E-state index in [-0.39, 0.29) is 5.78 Å². The van der Waals surface area contributed by atoms with E-state index in [9.17, 15) is 4.79 Å². The van der Waals surface area contributed by atoms with Crippen molar-refractivity contribution in [1.82, 2.24) is 9.97 Å². The lowest BCUT2D eigenvalue weighted by Crippen LogP contribution is -2.03. The predicted octanol–water partition coefficient (Wildman–Crippen LogP) is 2.50. The van der Waals surface area contributed by atoms with E-state index >= 15 is 0 Å². The molecule has 0 aliphatic rings. The molecule has 0 saturated heterocycles. The highest BCUT2D eigenvalue weighted by Gasteiger charge is 2.09. The summed E-state index contributed by atoms with van der Waals surface area (Å²) in [5, 5.41) is 1.88. The van der Waals surface area contributed by atoms with E-state index in [1.807, 2.05) is 11.4 Å². The fourth-order valence-corrected chi connectivity index (χ4v) is 2.46. The molecule has 0 saturated carbocycles. The molecule has 1 N–H and O–H groups in total. The summed E-state index contributed by atoms with van der Waals surface area (Å²) in [7, 11) is 0. The van der Waals surface area contributed by atoms with Gasteiger partial charge in [0.05, 0.1) is 9.30 Å². The van der Waals surface area contributed by atoms with Gasteiger partial charge in [0.2, 0.25) is 0 Å². The van der Waals surface area contributed by atoms with E-state index in [0.29, 0.717) is 6.42 Å². The largest absolute Gasteiger partial charge is 0.348 e. The topological polar surface area (TPSA) is 45.8 Å². The lowest BCUT2D eigenvalue weighted by Gasteiger charge is -1.93. The summed E-state index contributed by atoms with van der Waals surface area (Å²) in [6, 6.07) is 1.90. The van der Waals surface area contributed by atoms with Gasteiger partial charge in [-0.2, -0.15) is 0 Å². The van der Waals surface area contributed by atoms with Gasteiger partial charge in [0.1, 0.15) is 5.82 Å². The van der Waals surface area contributed by atoms with Gasteiger partial charge < -0.3 is 4.98 Å². The van der Waals surface area contributed by atoms with Gasteiger partial charge in [-0.3, -0.25) is 4.79 Å². The van der Waals surface area contributed by atoms with Gasteiger partial charge in [0.15, 0.2) is 5.78 Å². The lowest BCUT2D eigenvalue weighted by molar-refractivity contribution is 0.0991. The summed E-state index contributed by atoms with van der Waals surface area (Å²) in [4.78, 5) is 18.6. The van der Waals surface area contributed by atoms with Crippen LogP contribution in [0, 0.1) is 2.88 Å². The molecule has 0 aliphatic heterocycles. The first kappa shape index (κ1) is 9.85. The lowest BCUT2D eigenvalue weighted by atomic mass is 10.1. The van der Waals surface area contributed by atoms with Crippen molar-refractivity contribution in [3.63, 3.8) is 0 Å². The van der Waals surface area contributed by atoms with Gasteiger partial charge in [-0.15, -0.1) is 11.3 Å². The Kier molecular flexibility index (Phi) is 2.97. The maximum absolute atomic E-state index is 11.7. The Morgan fingerprint density at radius 2 is 2.50 bits per heavy atom. The molecule has 0 spiro atoms. The highest BCUT2D eigenvalue weighted by Crippen LogP contribution is 2.17. The van der Waals surface area contributed by atoms with Crippen LogP contribution in [0.4, 0.5) is 0 Å². The summed E-state index contributed by atoms with van der Waals surface area (Å²) < 4.78 is 1.13. The van der Waals surface area contributed by atoms with Crippen molar-refractivity contribution in [3.05, 3.63) is 38.1 Å². The number of aromatic nitrogens is 2. The predicted molar refractivity (Wildman–Crippen MR) is 63.7 cm³/mol. The van der Waals surface area contributed by atoms with Crippen molar-refractivity contribution in [2.24, 2.45) is 0 Å². The molecular weight excluding hydrogens is 311 g/mol. The molecule has 14 heavy (non-hydrogen) atoms. The maximum Gasteiger partial charge on any atom is 0.171 e. The van der Waals surface area contributed by atoms with E-state index in [1.165, 1.54) is 0 Å². The number of carbonyl (C=O) groups is 1. The Hall–Kier alpha value is -0.690. The maximum atomic E-state index is 11.7. The Morgan fingerprint density at radius 3 is 3.07 bits per heavy atom. The number of aromatic amines is 1. The van der Waals surface area contributed by atoms with Gasteiger partial charge in [-0.05, 0) is 28.7 Å². The quantitative estimate of drug-likeness (QED) is 0.698. The van der Waals surface area contributed by atoms with Crippen LogP contribution in [-0.2, 0) is 6.42 Å². The Bertz CT molecular complexity index is 435. The molecule has 5 heteroatoms. The number of ketones is 1. The second-order valence-electron chi connectivity index (χ2n) is 2.78. The summed E-state index contributed by atoms with van der Waals surface area (Å²) in [5.41, 5.74) is 0.774. The molecule has 0 unspecified atom stereocenters. The summed E-state index contributed by atoms with van der Waals surface area (Å²) >= 11 is 3.79. The normalized spacial score (nSPS) is 10.4. The fourth-order valence-electron chi connectivity index (χ4n) is 1.11. The summed E-state index contributed by atoms with van der Waals surface area (Å²) in [5.74, 6) is 0.829. The number of H-pyrrole nitrogens is 1. The molecule has 2 aromatic rings. The molecule has 0 amide bonds. The van der Waals surface area contributed by atoms with Crippen LogP contribution in [0.25, 0.3) is 0 Å². The van der Waals surface area contributed by atoms with Crippen molar-refractivity contribution < 1.29 is 4.79 Å². The third kappa shape index (κ3) is 2.21. The number of nitrogens with zero attached hydrogens (tertiary/aromatic N) is 1. The number of hydrogen-bond acceptors (Lipinski definition) is 3. The molecule has 0 atom stereocenters. The summed E-state index contributed by atoms with van der Waals surface area (Å²) in [6.07, 6.45) is 3.72. The highest BCUT2D eigenvalue weighted by atomic mass is 127. The van der Waals surface area contributed by atoms with Crippen LogP contribution in [0.5, 0.6) is 0 Å². The van der Waals surface area contributed by atoms with Crippen LogP contribution in [0.1, 0.15) is 16.2 Å². The number of Topliss-reactive ketones (excluding diaryl/α,β-unsaturated/α-hetero) is 1. The molecule has 3 nitrogen and oxygen atoms in total. The third-order valence-electron chi connectivity index (χ3n) is 1.77. The first-order valence-electron chi connectivity index (χ1n) is 4.01. The number of halogens is 1. The molecule has 2 heterocycles. The molecule has 0 aromatic carbocycles. The number of hydrogen-bond donors (Lipinski definition) is 1. The van der Waals surface area contributed by atoms with Gasteiger partial charge in [0.25, 0.3) is 0 Å². The van der Waals surface area contributed by atoms with Gasteiger partial charge in [-0.1, -0.05) is 0 Å². The molecule has 0 fully saturated rings. The number of nitrogens with one attached hydrogen (secondary N) is 1. The van der Waals surface area contributed by atoms with Crippen molar-refractivity contribution in [2.45, 2.75) is 6.42 Å². The van der Waals surface area contributed by atoms with Gasteiger partial charge in [0, 0.05) is 23.3 Å². The van der Waals surface area contributed by atoms with Crippen molar-refractivity contribution >= 4 is 39.7 Å². The average Bonchev–Trinajstić information content (AvgIpc) is 2.75. The molecular formula is C9H7IN2OS. The first-order chi connectivity index (χ1) is 6.75. The zero-order valence-corrected chi connectivity index (χ0v) is 10.1. The van der Waals surface area contributed by atoms with E-state index in [4.69, 9.17) is 0 Å². The first-order valence-corrected chi connectivity index (χ1v) is 5.97. The Balaban J connectivity index is 2.10. The van der Waals surface area contributed by atoms with Crippen LogP contribution < -0.4 is 0 Å². The monoisotopic (exact) mass is 318 g/mol.